The monoisotopic (exact) mass is 366 g/mol. The van der Waals surface area contributed by atoms with Gasteiger partial charge in [-0.05, 0) is 25.1 Å². The molecule has 0 saturated carbocycles. The average Bonchev–Trinajstić information content (AvgIpc) is 3.06. The van der Waals surface area contributed by atoms with E-state index < -0.39 is 0 Å². The van der Waals surface area contributed by atoms with Gasteiger partial charge in [0.15, 0.2) is 11.5 Å². The van der Waals surface area contributed by atoms with Gasteiger partial charge < -0.3 is 19.2 Å². The van der Waals surface area contributed by atoms with Crippen LogP contribution in [0.15, 0.2) is 52.9 Å². The minimum absolute atomic E-state index is 0.143. The van der Waals surface area contributed by atoms with Gasteiger partial charge in [0.1, 0.15) is 5.76 Å². The lowest BCUT2D eigenvalue weighted by Crippen LogP contribution is -2.25. The molecule has 0 saturated heterocycles. The third-order valence-corrected chi connectivity index (χ3v) is 4.20. The second-order valence-electron chi connectivity index (χ2n) is 5.99. The molecule has 0 aliphatic heterocycles. The Balaban J connectivity index is 1.66. The summed E-state index contributed by atoms with van der Waals surface area (Å²) in [7, 11) is 3.16. The van der Waals surface area contributed by atoms with Gasteiger partial charge in [0.05, 0.1) is 26.3 Å². The molecule has 0 unspecified atom stereocenters. The van der Waals surface area contributed by atoms with Gasteiger partial charge in [-0.2, -0.15) is 0 Å². The van der Waals surface area contributed by atoms with E-state index in [1.165, 1.54) is 0 Å². The number of oxazole rings is 1. The third kappa shape index (κ3) is 4.28. The van der Waals surface area contributed by atoms with Crippen molar-refractivity contribution in [2.75, 3.05) is 14.2 Å². The van der Waals surface area contributed by atoms with Crippen molar-refractivity contribution in [1.29, 1.82) is 0 Å². The van der Waals surface area contributed by atoms with E-state index in [0.717, 1.165) is 11.1 Å². The van der Waals surface area contributed by atoms with Gasteiger partial charge in [0.2, 0.25) is 11.8 Å². The number of hydrogen-bond acceptors (Lipinski definition) is 5. The molecule has 3 aromatic rings. The van der Waals surface area contributed by atoms with Crippen LogP contribution in [-0.2, 0) is 17.8 Å². The summed E-state index contributed by atoms with van der Waals surface area (Å²) in [6.45, 7) is 2.15. The van der Waals surface area contributed by atoms with Crippen LogP contribution in [0.2, 0.25) is 0 Å². The summed E-state index contributed by atoms with van der Waals surface area (Å²) >= 11 is 0. The van der Waals surface area contributed by atoms with Gasteiger partial charge in [-0.25, -0.2) is 4.98 Å². The molecule has 0 atom stereocenters. The topological polar surface area (TPSA) is 73.6 Å². The number of methoxy groups -OCH3 is 2. The molecule has 2 aromatic carbocycles. The SMILES string of the molecule is COc1cccc(CNC(=O)Cc2nc(-c3ccccc3)oc2C)c1OC. The lowest BCUT2D eigenvalue weighted by molar-refractivity contribution is -0.120. The van der Waals surface area contributed by atoms with Gasteiger partial charge in [-0.15, -0.1) is 0 Å². The number of carbonyl (C=O) groups is 1. The van der Waals surface area contributed by atoms with E-state index in [0.29, 0.717) is 35.4 Å². The number of amides is 1. The van der Waals surface area contributed by atoms with Crippen molar-refractivity contribution in [3.05, 3.63) is 65.5 Å². The van der Waals surface area contributed by atoms with Crippen molar-refractivity contribution < 1.29 is 18.7 Å². The number of aryl methyl sites for hydroxylation is 1. The summed E-state index contributed by atoms with van der Waals surface area (Å²) in [4.78, 5) is 16.8. The molecular weight excluding hydrogens is 344 g/mol. The maximum Gasteiger partial charge on any atom is 0.226 e. The van der Waals surface area contributed by atoms with Gasteiger partial charge in [-0.3, -0.25) is 4.79 Å². The van der Waals surface area contributed by atoms with Gasteiger partial charge in [0, 0.05) is 17.7 Å². The highest BCUT2D eigenvalue weighted by Gasteiger charge is 2.15. The molecular formula is C21H22N2O4. The molecule has 1 amide bonds. The van der Waals surface area contributed by atoms with Crippen LogP contribution in [0.4, 0.5) is 0 Å². The van der Waals surface area contributed by atoms with E-state index in [2.05, 4.69) is 10.3 Å². The highest BCUT2D eigenvalue weighted by atomic mass is 16.5. The van der Waals surface area contributed by atoms with E-state index in [4.69, 9.17) is 13.9 Å². The Morgan fingerprint density at radius 3 is 2.56 bits per heavy atom. The van der Waals surface area contributed by atoms with Crippen molar-refractivity contribution in [3.63, 3.8) is 0 Å². The number of aromatic nitrogens is 1. The minimum Gasteiger partial charge on any atom is -0.493 e. The number of para-hydroxylation sites is 1. The fraction of sp³-hybridized carbons (Fsp3) is 0.238. The molecule has 0 bridgehead atoms. The Bertz CT molecular complexity index is 919. The summed E-state index contributed by atoms with van der Waals surface area (Å²) in [6, 6.07) is 15.2. The van der Waals surface area contributed by atoms with Crippen LogP contribution in [-0.4, -0.2) is 25.1 Å². The average molecular weight is 366 g/mol. The van der Waals surface area contributed by atoms with Crippen molar-refractivity contribution in [2.24, 2.45) is 0 Å². The Kier molecular flexibility index (Phi) is 5.76. The fourth-order valence-electron chi connectivity index (χ4n) is 2.80. The summed E-state index contributed by atoms with van der Waals surface area (Å²) in [6.07, 6.45) is 0.147. The predicted molar refractivity (Wildman–Crippen MR) is 102 cm³/mol. The summed E-state index contributed by atoms with van der Waals surface area (Å²) in [5.41, 5.74) is 2.35. The molecule has 27 heavy (non-hydrogen) atoms. The van der Waals surface area contributed by atoms with Crippen molar-refractivity contribution in [2.45, 2.75) is 19.9 Å². The molecule has 1 heterocycles. The summed E-state index contributed by atoms with van der Waals surface area (Å²) in [5.74, 6) is 2.26. The smallest absolute Gasteiger partial charge is 0.226 e. The largest absolute Gasteiger partial charge is 0.493 e. The van der Waals surface area contributed by atoms with Crippen molar-refractivity contribution >= 4 is 5.91 Å². The van der Waals surface area contributed by atoms with Crippen LogP contribution in [0.1, 0.15) is 17.0 Å². The fourth-order valence-corrected chi connectivity index (χ4v) is 2.80. The van der Waals surface area contributed by atoms with E-state index in [1.54, 1.807) is 14.2 Å². The van der Waals surface area contributed by atoms with Crippen LogP contribution in [0.25, 0.3) is 11.5 Å². The van der Waals surface area contributed by atoms with E-state index in [1.807, 2.05) is 55.5 Å². The van der Waals surface area contributed by atoms with E-state index in [9.17, 15) is 4.79 Å². The van der Waals surface area contributed by atoms with E-state index in [-0.39, 0.29) is 12.3 Å². The third-order valence-electron chi connectivity index (χ3n) is 4.20. The van der Waals surface area contributed by atoms with Crippen LogP contribution in [0.5, 0.6) is 11.5 Å². The number of hydrogen-bond donors (Lipinski definition) is 1. The first-order valence-corrected chi connectivity index (χ1v) is 8.60. The lowest BCUT2D eigenvalue weighted by Gasteiger charge is -2.13. The number of benzene rings is 2. The molecule has 1 aromatic heterocycles. The zero-order valence-corrected chi connectivity index (χ0v) is 15.6. The predicted octanol–water partition coefficient (Wildman–Crippen LogP) is 3.53. The standard InChI is InChI=1S/C21H22N2O4/c1-14-17(23-21(27-14)15-8-5-4-6-9-15)12-19(24)22-13-16-10-7-11-18(25-2)20(16)26-3/h4-11H,12-13H2,1-3H3,(H,22,24). The zero-order chi connectivity index (χ0) is 19.2. The molecule has 0 aliphatic carbocycles. The first kappa shape index (κ1) is 18.5. The number of nitrogens with one attached hydrogen (secondary N) is 1. The maximum atomic E-state index is 12.4. The Hall–Kier alpha value is -3.28. The van der Waals surface area contributed by atoms with Crippen LogP contribution < -0.4 is 14.8 Å². The van der Waals surface area contributed by atoms with Crippen LogP contribution in [0, 0.1) is 6.92 Å². The normalized spacial score (nSPS) is 10.5. The lowest BCUT2D eigenvalue weighted by atomic mass is 10.1. The maximum absolute atomic E-state index is 12.4. The Morgan fingerprint density at radius 1 is 1.07 bits per heavy atom. The van der Waals surface area contributed by atoms with Crippen molar-refractivity contribution in [3.8, 4) is 23.0 Å². The second-order valence-corrected chi connectivity index (χ2v) is 5.99. The molecule has 0 fully saturated rings. The highest BCUT2D eigenvalue weighted by molar-refractivity contribution is 5.78. The quantitative estimate of drug-likeness (QED) is 0.692. The Morgan fingerprint density at radius 2 is 1.85 bits per heavy atom. The molecule has 6 nitrogen and oxygen atoms in total. The zero-order valence-electron chi connectivity index (χ0n) is 15.6. The van der Waals surface area contributed by atoms with Crippen LogP contribution in [0.3, 0.4) is 0 Å². The summed E-state index contributed by atoms with van der Waals surface area (Å²) < 4.78 is 16.4. The van der Waals surface area contributed by atoms with Gasteiger partial charge >= 0.3 is 0 Å². The first-order chi connectivity index (χ1) is 13.1. The number of ether oxygens (including phenoxy) is 2. The number of rotatable bonds is 7. The van der Waals surface area contributed by atoms with Gasteiger partial charge in [-0.1, -0.05) is 30.3 Å². The second kappa shape index (κ2) is 8.40. The molecule has 0 aliphatic rings. The van der Waals surface area contributed by atoms with E-state index >= 15 is 0 Å². The molecule has 3 rings (SSSR count). The number of nitrogens with zero attached hydrogens (tertiary/aromatic N) is 1. The molecule has 1 N–H and O–H groups in total. The minimum atomic E-state index is -0.143. The molecule has 140 valence electrons. The molecule has 0 radical (unpaired) electrons. The number of carbonyl (C=O) groups excluding carboxylic acids is 1. The highest BCUT2D eigenvalue weighted by Crippen LogP contribution is 2.30. The van der Waals surface area contributed by atoms with Crippen LogP contribution >= 0.6 is 0 Å². The molecule has 0 spiro atoms. The Labute approximate surface area is 158 Å². The van der Waals surface area contributed by atoms with Crippen molar-refractivity contribution in [1.82, 2.24) is 10.3 Å². The molecule has 6 heteroatoms. The summed E-state index contributed by atoms with van der Waals surface area (Å²) in [5, 5.41) is 2.89. The van der Waals surface area contributed by atoms with Gasteiger partial charge in [0.25, 0.3) is 0 Å². The first-order valence-electron chi connectivity index (χ1n) is 8.60.